The number of amides is 1. The van der Waals surface area contributed by atoms with Crippen LogP contribution in [0.5, 0.6) is 0 Å². The first kappa shape index (κ1) is 15.7. The molecule has 7 heteroatoms. The first-order chi connectivity index (χ1) is 13.3. The summed E-state index contributed by atoms with van der Waals surface area (Å²) in [5.74, 6) is 0.849. The molecule has 4 aromatic rings. The van der Waals surface area contributed by atoms with Crippen molar-refractivity contribution in [1.82, 2.24) is 29.3 Å². The molecule has 0 aliphatic carbocycles. The number of aromatic nitrogens is 5. The second-order valence-electron chi connectivity index (χ2n) is 6.64. The number of pyridine rings is 1. The summed E-state index contributed by atoms with van der Waals surface area (Å²) in [6.07, 6.45) is 7.42. The number of fused-ring (bicyclic) bond motifs is 1. The van der Waals surface area contributed by atoms with Crippen LogP contribution in [0, 0.1) is 0 Å². The molecule has 7 nitrogen and oxygen atoms in total. The Balaban J connectivity index is 1.44. The number of carbonyl (C=O) groups excluding carboxylic acids is 1. The lowest BCUT2D eigenvalue weighted by molar-refractivity contribution is 0.0729. The molecule has 1 aliphatic rings. The smallest absolute Gasteiger partial charge is 0.254 e. The van der Waals surface area contributed by atoms with E-state index in [1.807, 2.05) is 70.2 Å². The number of hydrogen-bond acceptors (Lipinski definition) is 4. The molecule has 4 heterocycles. The van der Waals surface area contributed by atoms with Crippen LogP contribution in [0.2, 0.25) is 0 Å². The highest BCUT2D eigenvalue weighted by atomic mass is 16.2. The van der Waals surface area contributed by atoms with Gasteiger partial charge in [0, 0.05) is 30.7 Å². The summed E-state index contributed by atoms with van der Waals surface area (Å²) in [6, 6.07) is 15.2. The third-order valence-corrected chi connectivity index (χ3v) is 5.04. The van der Waals surface area contributed by atoms with Gasteiger partial charge < -0.3 is 4.90 Å². The summed E-state index contributed by atoms with van der Waals surface area (Å²) in [6.45, 7) is 0.728. The molecule has 27 heavy (non-hydrogen) atoms. The molecule has 3 aromatic heterocycles. The molecular weight excluding hydrogens is 340 g/mol. The molecule has 0 spiro atoms. The van der Waals surface area contributed by atoms with Crippen LogP contribution < -0.4 is 0 Å². The first-order valence-corrected chi connectivity index (χ1v) is 9.02. The minimum Gasteiger partial charge on any atom is -0.328 e. The average Bonchev–Trinajstić information content (AvgIpc) is 3.47. The molecule has 1 unspecified atom stereocenters. The molecular formula is C20H18N6O. The lowest BCUT2D eigenvalue weighted by Crippen LogP contribution is -2.31. The Morgan fingerprint density at radius 1 is 1.00 bits per heavy atom. The maximum absolute atomic E-state index is 13.1. The van der Waals surface area contributed by atoms with Gasteiger partial charge in [-0.1, -0.05) is 6.07 Å². The van der Waals surface area contributed by atoms with Crippen LogP contribution in [0.1, 0.15) is 35.1 Å². The molecule has 0 radical (unpaired) electrons. The van der Waals surface area contributed by atoms with Crippen LogP contribution in [0.15, 0.2) is 67.1 Å². The fourth-order valence-electron chi connectivity index (χ4n) is 3.71. The predicted octanol–water partition coefficient (Wildman–Crippen LogP) is 2.89. The van der Waals surface area contributed by atoms with Gasteiger partial charge in [-0.15, -0.1) is 10.2 Å². The van der Waals surface area contributed by atoms with Gasteiger partial charge in [-0.05, 0) is 55.3 Å². The number of rotatable bonds is 3. The molecule has 1 atom stereocenters. The number of carbonyl (C=O) groups is 1. The van der Waals surface area contributed by atoms with Gasteiger partial charge in [0.1, 0.15) is 0 Å². The summed E-state index contributed by atoms with van der Waals surface area (Å²) < 4.78 is 3.74. The Kier molecular flexibility index (Phi) is 3.71. The van der Waals surface area contributed by atoms with E-state index in [9.17, 15) is 4.79 Å². The maximum atomic E-state index is 13.1. The van der Waals surface area contributed by atoms with Gasteiger partial charge in [0.15, 0.2) is 11.5 Å². The fraction of sp³-hybridized carbons (Fsp3) is 0.200. The Bertz CT molecular complexity index is 1080. The number of benzene rings is 1. The van der Waals surface area contributed by atoms with Crippen molar-refractivity contribution in [3.05, 3.63) is 78.5 Å². The summed E-state index contributed by atoms with van der Waals surface area (Å²) in [4.78, 5) is 15.0. The van der Waals surface area contributed by atoms with Gasteiger partial charge in [-0.3, -0.25) is 9.20 Å². The monoisotopic (exact) mass is 358 g/mol. The zero-order valence-corrected chi connectivity index (χ0v) is 14.6. The van der Waals surface area contributed by atoms with Crippen LogP contribution in [0.3, 0.4) is 0 Å². The van der Waals surface area contributed by atoms with Gasteiger partial charge in [0.25, 0.3) is 5.91 Å². The highest BCUT2D eigenvalue weighted by molar-refractivity contribution is 5.94. The minimum atomic E-state index is -0.0549. The van der Waals surface area contributed by atoms with Crippen LogP contribution >= 0.6 is 0 Å². The third-order valence-electron chi connectivity index (χ3n) is 5.04. The topological polar surface area (TPSA) is 68.3 Å². The molecule has 1 aromatic carbocycles. The molecule has 1 aliphatic heterocycles. The van der Waals surface area contributed by atoms with E-state index in [1.54, 1.807) is 10.9 Å². The molecule has 1 fully saturated rings. The molecule has 0 bridgehead atoms. The van der Waals surface area contributed by atoms with Crippen molar-refractivity contribution in [1.29, 1.82) is 0 Å². The van der Waals surface area contributed by atoms with Crippen molar-refractivity contribution in [2.24, 2.45) is 0 Å². The van der Waals surface area contributed by atoms with E-state index in [2.05, 4.69) is 15.3 Å². The zero-order chi connectivity index (χ0) is 18.2. The highest BCUT2D eigenvalue weighted by Crippen LogP contribution is 2.32. The van der Waals surface area contributed by atoms with Gasteiger partial charge in [0.2, 0.25) is 0 Å². The fourth-order valence-corrected chi connectivity index (χ4v) is 3.71. The average molecular weight is 358 g/mol. The SMILES string of the molecule is O=C(c1ccc(-n2cccn2)cc1)N1CCCC1c1nnc2ccccn12. The van der Waals surface area contributed by atoms with Gasteiger partial charge in [-0.2, -0.15) is 5.10 Å². The van der Waals surface area contributed by atoms with E-state index in [0.717, 1.165) is 36.5 Å². The maximum Gasteiger partial charge on any atom is 0.254 e. The summed E-state index contributed by atoms with van der Waals surface area (Å²) in [7, 11) is 0. The second-order valence-corrected chi connectivity index (χ2v) is 6.64. The number of nitrogens with zero attached hydrogens (tertiary/aromatic N) is 6. The zero-order valence-electron chi connectivity index (χ0n) is 14.6. The van der Waals surface area contributed by atoms with E-state index in [0.29, 0.717) is 5.56 Å². The molecule has 0 saturated carbocycles. The number of likely N-dealkylation sites (tertiary alicyclic amines) is 1. The van der Waals surface area contributed by atoms with Crippen molar-refractivity contribution < 1.29 is 4.79 Å². The highest BCUT2D eigenvalue weighted by Gasteiger charge is 2.33. The van der Waals surface area contributed by atoms with Crippen LogP contribution in [0.4, 0.5) is 0 Å². The van der Waals surface area contributed by atoms with E-state index in [1.165, 1.54) is 0 Å². The lowest BCUT2D eigenvalue weighted by atomic mass is 10.1. The van der Waals surface area contributed by atoms with Crippen molar-refractivity contribution in [3.8, 4) is 5.69 Å². The number of hydrogen-bond donors (Lipinski definition) is 0. The van der Waals surface area contributed by atoms with Crippen LogP contribution in [-0.2, 0) is 0 Å². The van der Waals surface area contributed by atoms with E-state index >= 15 is 0 Å². The molecule has 5 rings (SSSR count). The van der Waals surface area contributed by atoms with E-state index < -0.39 is 0 Å². The molecule has 0 N–H and O–H groups in total. The lowest BCUT2D eigenvalue weighted by Gasteiger charge is -2.23. The third kappa shape index (κ3) is 2.68. The van der Waals surface area contributed by atoms with Gasteiger partial charge >= 0.3 is 0 Å². The van der Waals surface area contributed by atoms with Gasteiger partial charge in [0.05, 0.1) is 11.7 Å². The summed E-state index contributed by atoms with van der Waals surface area (Å²) in [5.41, 5.74) is 2.40. The van der Waals surface area contributed by atoms with Gasteiger partial charge in [-0.25, -0.2) is 4.68 Å². The molecule has 1 amide bonds. The predicted molar refractivity (Wildman–Crippen MR) is 99.6 cm³/mol. The summed E-state index contributed by atoms with van der Waals surface area (Å²) in [5, 5.41) is 12.8. The van der Waals surface area contributed by atoms with E-state index in [-0.39, 0.29) is 11.9 Å². The Labute approximate surface area is 155 Å². The Morgan fingerprint density at radius 2 is 1.89 bits per heavy atom. The van der Waals surface area contributed by atoms with Crippen molar-refractivity contribution >= 4 is 11.6 Å². The van der Waals surface area contributed by atoms with Crippen molar-refractivity contribution in [2.75, 3.05) is 6.54 Å². The normalized spacial score (nSPS) is 16.9. The summed E-state index contributed by atoms with van der Waals surface area (Å²) >= 11 is 0. The first-order valence-electron chi connectivity index (χ1n) is 9.02. The van der Waals surface area contributed by atoms with E-state index in [4.69, 9.17) is 0 Å². The Hall–Kier alpha value is -3.48. The Morgan fingerprint density at radius 3 is 2.70 bits per heavy atom. The second kappa shape index (κ2) is 6.35. The van der Waals surface area contributed by atoms with Crippen LogP contribution in [-0.4, -0.2) is 41.7 Å². The quantitative estimate of drug-likeness (QED) is 0.565. The van der Waals surface area contributed by atoms with Crippen molar-refractivity contribution in [3.63, 3.8) is 0 Å². The largest absolute Gasteiger partial charge is 0.328 e. The molecule has 134 valence electrons. The van der Waals surface area contributed by atoms with Crippen LogP contribution in [0.25, 0.3) is 11.3 Å². The standard InChI is InChI=1S/C20H18N6O/c27-20(15-7-9-16(10-8-15)26-14-4-11-21-26)24-13-3-5-17(24)19-23-22-18-6-1-2-12-25(18)19/h1-2,4,6-12,14,17H,3,5,13H2. The minimum absolute atomic E-state index is 0.0252. The van der Waals surface area contributed by atoms with Crippen molar-refractivity contribution in [2.45, 2.75) is 18.9 Å². The molecule has 1 saturated heterocycles.